The molecule has 0 unspecified atom stereocenters. The van der Waals surface area contributed by atoms with Crippen molar-refractivity contribution >= 4 is 21.2 Å². The monoisotopic (exact) mass is 326 g/mol. The van der Waals surface area contributed by atoms with Crippen LogP contribution in [0, 0.1) is 0 Å². The largest absolute Gasteiger partial charge is 0.297 e. The van der Waals surface area contributed by atoms with Gasteiger partial charge in [-0.3, -0.25) is 4.90 Å². The molecule has 2 saturated carbocycles. The summed E-state index contributed by atoms with van der Waals surface area (Å²) in [7, 11) is -2.90. The maximum absolute atomic E-state index is 12.5. The molecule has 21 heavy (non-hydrogen) atoms. The van der Waals surface area contributed by atoms with Gasteiger partial charge < -0.3 is 0 Å². The Balaban J connectivity index is 1.44. The van der Waals surface area contributed by atoms with Crippen molar-refractivity contribution in [2.45, 2.75) is 55.7 Å². The quantitative estimate of drug-likeness (QED) is 0.856. The molecule has 0 N–H and O–H groups in total. The van der Waals surface area contributed by atoms with E-state index in [-0.39, 0.29) is 4.75 Å². The van der Waals surface area contributed by atoms with Gasteiger partial charge >= 0.3 is 0 Å². The highest BCUT2D eigenvalue weighted by Gasteiger charge is 2.49. The topological polar surface area (TPSA) is 50.3 Å². The van der Waals surface area contributed by atoms with Gasteiger partial charge in [0.1, 0.15) is 0 Å². The summed E-state index contributed by atoms with van der Waals surface area (Å²) >= 11 is 1.82. The molecule has 2 aliphatic carbocycles. The zero-order valence-electron chi connectivity index (χ0n) is 12.3. The predicted octanol–water partition coefficient (Wildman–Crippen LogP) is 2.56. The molecule has 4 rings (SSSR count). The van der Waals surface area contributed by atoms with Crippen molar-refractivity contribution < 1.29 is 8.42 Å². The lowest BCUT2D eigenvalue weighted by Gasteiger charge is -2.40. The average molecular weight is 326 g/mol. The second-order valence-electron chi connectivity index (χ2n) is 6.82. The van der Waals surface area contributed by atoms with Gasteiger partial charge in [-0.2, -0.15) is 0 Å². The van der Waals surface area contributed by atoms with Crippen molar-refractivity contribution in [2.24, 2.45) is 0 Å². The highest BCUT2D eigenvalue weighted by Crippen LogP contribution is 2.44. The minimum atomic E-state index is -2.90. The van der Waals surface area contributed by atoms with E-state index < -0.39 is 9.84 Å². The van der Waals surface area contributed by atoms with E-state index in [1.807, 2.05) is 17.5 Å². The predicted molar refractivity (Wildman–Crippen MR) is 84.4 cm³/mol. The first kappa shape index (κ1) is 14.2. The average Bonchev–Trinajstić information content (AvgIpc) is 3.15. The summed E-state index contributed by atoms with van der Waals surface area (Å²) in [5, 5.41) is 1.28. The van der Waals surface area contributed by atoms with Crippen LogP contribution in [0.3, 0.4) is 0 Å². The van der Waals surface area contributed by atoms with E-state index in [1.54, 1.807) is 0 Å². The summed E-state index contributed by atoms with van der Waals surface area (Å²) in [4.78, 5) is 8.13. The fourth-order valence-electron chi connectivity index (χ4n) is 3.52. The molecule has 0 atom stereocenters. The summed E-state index contributed by atoms with van der Waals surface area (Å²) in [5.41, 5.74) is 0. The Morgan fingerprint density at radius 3 is 2.76 bits per heavy atom. The van der Waals surface area contributed by atoms with E-state index in [2.05, 4.69) is 9.88 Å². The van der Waals surface area contributed by atoms with Gasteiger partial charge in [0.15, 0.2) is 9.84 Å². The number of hydrogen-bond acceptors (Lipinski definition) is 5. The van der Waals surface area contributed by atoms with Gasteiger partial charge in [0.05, 0.1) is 15.5 Å². The van der Waals surface area contributed by atoms with Crippen molar-refractivity contribution in [1.82, 2.24) is 9.88 Å². The van der Waals surface area contributed by atoms with Crippen LogP contribution in [0.2, 0.25) is 0 Å². The van der Waals surface area contributed by atoms with Crippen molar-refractivity contribution in [3.05, 3.63) is 16.1 Å². The van der Waals surface area contributed by atoms with Crippen LogP contribution >= 0.6 is 11.3 Å². The summed E-state index contributed by atoms with van der Waals surface area (Å²) in [5.74, 6) is 1.05. The second-order valence-corrected chi connectivity index (χ2v) is 10.5. The number of nitrogens with zero attached hydrogens (tertiary/aromatic N) is 2. The Labute approximate surface area is 130 Å². The fraction of sp³-hybridized carbons (Fsp3) is 0.800. The lowest BCUT2D eigenvalue weighted by molar-refractivity contribution is 0.244. The molecule has 0 bridgehead atoms. The third kappa shape index (κ3) is 2.55. The van der Waals surface area contributed by atoms with Crippen LogP contribution in [0.25, 0.3) is 0 Å². The van der Waals surface area contributed by atoms with Crippen molar-refractivity contribution in [3.8, 4) is 0 Å². The molecule has 0 amide bonds. The minimum absolute atomic E-state index is 0.335. The number of aromatic nitrogens is 1. The molecule has 2 heterocycles. The highest BCUT2D eigenvalue weighted by molar-refractivity contribution is 7.92. The van der Waals surface area contributed by atoms with Gasteiger partial charge in [-0.05, 0) is 32.1 Å². The molecule has 1 aliphatic heterocycles. The van der Waals surface area contributed by atoms with Crippen LogP contribution in [0.5, 0.6) is 0 Å². The van der Waals surface area contributed by atoms with E-state index in [0.717, 1.165) is 38.8 Å². The Morgan fingerprint density at radius 1 is 1.29 bits per heavy atom. The maximum Gasteiger partial charge on any atom is 0.157 e. The van der Waals surface area contributed by atoms with E-state index >= 15 is 0 Å². The van der Waals surface area contributed by atoms with Gasteiger partial charge in [-0.25, -0.2) is 13.4 Å². The standard InChI is InChI=1S/C15H22N2O2S2/c18-21(19)9-8-17(7-6-15(21)4-1-5-15)11-13-10-16-14(20-13)12-2-3-12/h10,12H,1-9,11H2. The lowest BCUT2D eigenvalue weighted by atomic mass is 9.81. The van der Waals surface area contributed by atoms with Gasteiger partial charge in [-0.15, -0.1) is 11.3 Å². The molecule has 3 fully saturated rings. The van der Waals surface area contributed by atoms with Gasteiger partial charge in [0.2, 0.25) is 0 Å². The van der Waals surface area contributed by atoms with Crippen LogP contribution < -0.4 is 0 Å². The Morgan fingerprint density at radius 2 is 2.10 bits per heavy atom. The minimum Gasteiger partial charge on any atom is -0.297 e. The molecule has 0 aromatic carbocycles. The molecule has 1 aromatic heterocycles. The highest BCUT2D eigenvalue weighted by atomic mass is 32.2. The molecule has 1 aromatic rings. The fourth-order valence-corrected chi connectivity index (χ4v) is 6.89. The molecular weight excluding hydrogens is 304 g/mol. The zero-order chi connectivity index (χ0) is 14.5. The molecular formula is C15H22N2O2S2. The zero-order valence-corrected chi connectivity index (χ0v) is 13.9. The number of rotatable bonds is 3. The normalized spacial score (nSPS) is 28.2. The number of hydrogen-bond donors (Lipinski definition) is 0. The van der Waals surface area contributed by atoms with Crippen molar-refractivity contribution in [3.63, 3.8) is 0 Å². The first-order valence-corrected chi connectivity index (χ1v) is 10.4. The van der Waals surface area contributed by atoms with Crippen molar-refractivity contribution in [2.75, 3.05) is 18.8 Å². The van der Waals surface area contributed by atoms with Gasteiger partial charge in [0, 0.05) is 36.6 Å². The summed E-state index contributed by atoms with van der Waals surface area (Å²) < 4.78 is 24.6. The Kier molecular flexibility index (Phi) is 3.39. The first-order valence-electron chi connectivity index (χ1n) is 7.97. The summed E-state index contributed by atoms with van der Waals surface area (Å²) in [6.07, 6.45) is 8.25. The van der Waals surface area contributed by atoms with Gasteiger partial charge in [0.25, 0.3) is 0 Å². The Bertz CT molecular complexity index is 630. The molecule has 116 valence electrons. The third-order valence-electron chi connectivity index (χ3n) is 5.36. The van der Waals surface area contributed by atoms with Crippen molar-refractivity contribution in [1.29, 1.82) is 0 Å². The molecule has 1 saturated heterocycles. The Hall–Kier alpha value is -0.460. The number of thiazole rings is 1. The van der Waals surface area contributed by atoms with E-state index in [9.17, 15) is 8.42 Å². The van der Waals surface area contributed by atoms with E-state index in [0.29, 0.717) is 18.2 Å². The third-order valence-corrected chi connectivity index (χ3v) is 9.16. The van der Waals surface area contributed by atoms with Gasteiger partial charge in [-0.1, -0.05) is 6.42 Å². The van der Waals surface area contributed by atoms with Crippen LogP contribution in [0.1, 0.15) is 54.3 Å². The van der Waals surface area contributed by atoms with Crippen LogP contribution in [0.15, 0.2) is 6.20 Å². The van der Waals surface area contributed by atoms with Crippen LogP contribution in [-0.4, -0.2) is 41.9 Å². The lowest BCUT2D eigenvalue weighted by Crippen LogP contribution is -2.46. The molecule has 3 aliphatic rings. The van der Waals surface area contributed by atoms with E-state index in [1.165, 1.54) is 22.7 Å². The van der Waals surface area contributed by atoms with Crippen LogP contribution in [0.4, 0.5) is 0 Å². The maximum atomic E-state index is 12.5. The van der Waals surface area contributed by atoms with E-state index in [4.69, 9.17) is 0 Å². The summed E-state index contributed by atoms with van der Waals surface area (Å²) in [6, 6.07) is 0. The second kappa shape index (κ2) is 5.03. The SMILES string of the molecule is O=S1(=O)CCN(Cc2cnc(C3CC3)s2)CCC12CCC2. The molecule has 1 spiro atoms. The smallest absolute Gasteiger partial charge is 0.157 e. The first-order chi connectivity index (χ1) is 10.1. The van der Waals surface area contributed by atoms with Crippen LogP contribution in [-0.2, 0) is 16.4 Å². The summed E-state index contributed by atoms with van der Waals surface area (Å²) in [6.45, 7) is 2.46. The molecule has 0 radical (unpaired) electrons. The molecule has 4 nitrogen and oxygen atoms in total. The molecule has 6 heteroatoms. The number of sulfone groups is 1.